The van der Waals surface area contributed by atoms with E-state index in [0.29, 0.717) is 22.4 Å². The van der Waals surface area contributed by atoms with Gasteiger partial charge in [-0.05, 0) is 53.6 Å². The summed E-state index contributed by atoms with van der Waals surface area (Å²) in [5.41, 5.74) is 2.24. The molecule has 0 aliphatic carbocycles. The van der Waals surface area contributed by atoms with Crippen LogP contribution in [0.15, 0.2) is 72.9 Å². The van der Waals surface area contributed by atoms with E-state index in [2.05, 4.69) is 4.98 Å². The van der Waals surface area contributed by atoms with Crippen molar-refractivity contribution >= 4 is 16.1 Å². The van der Waals surface area contributed by atoms with Crippen molar-refractivity contribution in [3.63, 3.8) is 0 Å². The third kappa shape index (κ3) is 6.32. The molecule has 9 nitrogen and oxygen atoms in total. The summed E-state index contributed by atoms with van der Waals surface area (Å²) < 4.78 is 65.0. The molecule has 1 heterocycles. The van der Waals surface area contributed by atoms with Crippen LogP contribution in [0.5, 0.6) is 23.0 Å². The molecule has 0 radical (unpaired) electrons. The third-order valence-corrected chi connectivity index (χ3v) is 6.29. The van der Waals surface area contributed by atoms with Gasteiger partial charge >= 0.3 is 16.1 Å². The Labute approximate surface area is 231 Å². The zero-order chi connectivity index (χ0) is 28.9. The Morgan fingerprint density at radius 2 is 1.62 bits per heavy atom. The molecule has 0 saturated heterocycles. The summed E-state index contributed by atoms with van der Waals surface area (Å²) in [5.74, 6) is -0.879. The largest absolute Gasteiger partial charge is 0.496 e. The summed E-state index contributed by atoms with van der Waals surface area (Å²) in [4.78, 5) is 17.3. The number of halogens is 1. The maximum Gasteiger partial charge on any atom is 0.342 e. The minimum Gasteiger partial charge on any atom is -0.496 e. The number of benzene rings is 3. The number of carbonyl (C=O) groups is 1. The highest BCUT2D eigenvalue weighted by atomic mass is 32.2. The second-order valence-corrected chi connectivity index (χ2v) is 10.0. The molecule has 0 unspecified atom stereocenters. The van der Waals surface area contributed by atoms with Gasteiger partial charge in [0.25, 0.3) is 0 Å². The van der Waals surface area contributed by atoms with Crippen molar-refractivity contribution in [2.24, 2.45) is 0 Å². The van der Waals surface area contributed by atoms with E-state index >= 15 is 4.39 Å². The number of hydrogen-bond donors (Lipinski definition) is 0. The van der Waals surface area contributed by atoms with Gasteiger partial charge in [0.05, 0.1) is 33.3 Å². The monoisotopic (exact) mass is 567 g/mol. The zero-order valence-corrected chi connectivity index (χ0v) is 23.0. The molecule has 0 aliphatic heterocycles. The number of carbonyl (C=O) groups excluding carboxylic acids is 1. The summed E-state index contributed by atoms with van der Waals surface area (Å²) >= 11 is 0. The van der Waals surface area contributed by atoms with Gasteiger partial charge in [0.15, 0.2) is 11.6 Å². The van der Waals surface area contributed by atoms with Crippen LogP contribution in [-0.2, 0) is 21.5 Å². The second-order valence-electron chi connectivity index (χ2n) is 8.47. The number of esters is 1. The molecular weight excluding hydrogens is 541 g/mol. The molecule has 1 aromatic heterocycles. The highest BCUT2D eigenvalue weighted by Crippen LogP contribution is 2.46. The molecule has 0 saturated carbocycles. The Kier molecular flexibility index (Phi) is 8.54. The molecule has 4 rings (SSSR count). The van der Waals surface area contributed by atoms with Gasteiger partial charge in [0, 0.05) is 17.3 Å². The average molecular weight is 568 g/mol. The molecule has 0 fully saturated rings. The van der Waals surface area contributed by atoms with Crippen LogP contribution in [0.2, 0.25) is 0 Å². The Morgan fingerprint density at radius 3 is 2.20 bits per heavy atom. The van der Waals surface area contributed by atoms with Crippen LogP contribution in [-0.4, -0.2) is 47.0 Å². The smallest absolute Gasteiger partial charge is 0.342 e. The van der Waals surface area contributed by atoms with Crippen molar-refractivity contribution in [1.29, 1.82) is 0 Å². The van der Waals surface area contributed by atoms with E-state index in [4.69, 9.17) is 23.1 Å². The first kappa shape index (κ1) is 28.4. The van der Waals surface area contributed by atoms with Crippen LogP contribution in [0, 0.1) is 5.82 Å². The lowest BCUT2D eigenvalue weighted by Gasteiger charge is -2.20. The number of hydrogen-bond acceptors (Lipinski definition) is 9. The van der Waals surface area contributed by atoms with E-state index in [1.54, 1.807) is 48.7 Å². The van der Waals surface area contributed by atoms with Crippen molar-refractivity contribution in [3.05, 3.63) is 90.0 Å². The lowest BCUT2D eigenvalue weighted by Crippen LogP contribution is -2.09. The van der Waals surface area contributed by atoms with Gasteiger partial charge < -0.3 is 23.1 Å². The lowest BCUT2D eigenvalue weighted by atomic mass is 9.92. The van der Waals surface area contributed by atoms with Crippen molar-refractivity contribution in [2.75, 3.05) is 27.6 Å². The summed E-state index contributed by atoms with van der Waals surface area (Å²) in [7, 11) is 0.314. The minimum absolute atomic E-state index is 0.00738. The van der Waals surface area contributed by atoms with Gasteiger partial charge in [-0.2, -0.15) is 8.42 Å². The van der Waals surface area contributed by atoms with Crippen molar-refractivity contribution in [3.8, 4) is 45.3 Å². The molecule has 11 heteroatoms. The fraction of sp³-hybridized carbons (Fsp3) is 0.172. The molecular formula is C29H26FNO8S. The molecule has 208 valence electrons. The molecule has 0 atom stereocenters. The predicted octanol–water partition coefficient (Wildman–Crippen LogP) is 5.28. The standard InChI is InChI=1S/C29H26FNO8S/c1-35-25-16-22(18-8-11-21(12-9-18)39-40(4,33)34)28(36-2)27(29(32)37-3)26(25)19-10-13-24(23(30)15-19)38-17-20-7-5-6-14-31-20/h5-16H,17H2,1-4H3. The molecule has 40 heavy (non-hydrogen) atoms. The topological polar surface area (TPSA) is 110 Å². The van der Waals surface area contributed by atoms with Crippen molar-refractivity contribution in [2.45, 2.75) is 6.61 Å². The molecule has 0 aliphatic rings. The van der Waals surface area contributed by atoms with E-state index in [9.17, 15) is 13.2 Å². The highest BCUT2D eigenvalue weighted by molar-refractivity contribution is 7.86. The van der Waals surface area contributed by atoms with Crippen LogP contribution >= 0.6 is 0 Å². The average Bonchev–Trinajstić information content (AvgIpc) is 2.95. The second kappa shape index (κ2) is 12.0. The first-order chi connectivity index (χ1) is 19.1. The van der Waals surface area contributed by atoms with Crippen LogP contribution in [0.1, 0.15) is 16.1 Å². The van der Waals surface area contributed by atoms with Crippen LogP contribution < -0.4 is 18.4 Å². The molecule has 3 aromatic carbocycles. The Bertz CT molecular complexity index is 1620. The zero-order valence-electron chi connectivity index (χ0n) is 22.1. The van der Waals surface area contributed by atoms with Crippen molar-refractivity contribution in [1.82, 2.24) is 4.98 Å². The Morgan fingerprint density at radius 1 is 0.900 bits per heavy atom. The Balaban J connectivity index is 1.80. The van der Waals surface area contributed by atoms with E-state index < -0.39 is 21.9 Å². The maximum atomic E-state index is 15.2. The predicted molar refractivity (Wildman–Crippen MR) is 146 cm³/mol. The van der Waals surface area contributed by atoms with Gasteiger partial charge in [-0.25, -0.2) is 9.18 Å². The fourth-order valence-electron chi connectivity index (χ4n) is 4.08. The molecule has 0 spiro atoms. The number of aromatic nitrogens is 1. The quantitative estimate of drug-likeness (QED) is 0.187. The van der Waals surface area contributed by atoms with E-state index in [1.165, 1.54) is 45.6 Å². The number of rotatable bonds is 10. The lowest BCUT2D eigenvalue weighted by molar-refractivity contribution is 0.0597. The first-order valence-corrected chi connectivity index (χ1v) is 13.7. The van der Waals surface area contributed by atoms with Gasteiger partial charge in [-0.1, -0.05) is 24.3 Å². The molecule has 4 aromatic rings. The van der Waals surface area contributed by atoms with Crippen molar-refractivity contribution < 1.29 is 40.7 Å². The molecule has 0 bridgehead atoms. The fourth-order valence-corrected chi connectivity index (χ4v) is 4.55. The third-order valence-electron chi connectivity index (χ3n) is 5.79. The van der Waals surface area contributed by atoms with Gasteiger partial charge in [0.1, 0.15) is 29.4 Å². The summed E-state index contributed by atoms with van der Waals surface area (Å²) in [6.45, 7) is 0.0738. The van der Waals surface area contributed by atoms with E-state index in [-0.39, 0.29) is 40.7 Å². The van der Waals surface area contributed by atoms with Gasteiger partial charge in [0.2, 0.25) is 0 Å². The molecule has 0 amide bonds. The first-order valence-electron chi connectivity index (χ1n) is 11.8. The summed E-state index contributed by atoms with van der Waals surface area (Å²) in [5, 5.41) is 0. The summed E-state index contributed by atoms with van der Waals surface area (Å²) in [6.07, 6.45) is 2.56. The normalized spacial score (nSPS) is 11.0. The number of methoxy groups -OCH3 is 3. The van der Waals surface area contributed by atoms with Crippen LogP contribution in [0.4, 0.5) is 4.39 Å². The molecule has 0 N–H and O–H groups in total. The maximum absolute atomic E-state index is 15.2. The van der Waals surface area contributed by atoms with Gasteiger partial charge in [-0.3, -0.25) is 4.98 Å². The van der Waals surface area contributed by atoms with Crippen LogP contribution in [0.3, 0.4) is 0 Å². The van der Waals surface area contributed by atoms with Gasteiger partial charge in [-0.15, -0.1) is 0 Å². The number of ether oxygens (including phenoxy) is 4. The highest BCUT2D eigenvalue weighted by Gasteiger charge is 2.28. The summed E-state index contributed by atoms with van der Waals surface area (Å²) in [6, 6.07) is 17.4. The Hall–Kier alpha value is -4.64. The van der Waals surface area contributed by atoms with Crippen LogP contribution in [0.25, 0.3) is 22.3 Å². The van der Waals surface area contributed by atoms with E-state index in [0.717, 1.165) is 6.26 Å². The van der Waals surface area contributed by atoms with E-state index in [1.807, 2.05) is 0 Å². The minimum atomic E-state index is -3.71. The number of nitrogens with zero attached hydrogens (tertiary/aromatic N) is 1. The number of pyridine rings is 1. The SMILES string of the molecule is COC(=O)c1c(OC)c(-c2ccc(OS(C)(=O)=O)cc2)cc(OC)c1-c1ccc(OCc2ccccn2)c(F)c1.